The van der Waals surface area contributed by atoms with Gasteiger partial charge in [-0.15, -0.1) is 6.42 Å². The highest BCUT2D eigenvalue weighted by molar-refractivity contribution is 5.39. The van der Waals surface area contributed by atoms with Crippen LogP contribution in [-0.2, 0) is 6.42 Å². The molecule has 0 aromatic heterocycles. The van der Waals surface area contributed by atoms with E-state index < -0.39 is 0 Å². The molecule has 1 saturated heterocycles. The molecule has 2 rings (SSSR count). The van der Waals surface area contributed by atoms with Crippen molar-refractivity contribution in [2.75, 3.05) is 32.7 Å². The van der Waals surface area contributed by atoms with Crippen molar-refractivity contribution in [3.05, 3.63) is 35.4 Å². The zero-order valence-electron chi connectivity index (χ0n) is 9.58. The summed E-state index contributed by atoms with van der Waals surface area (Å²) in [5.74, 6) is 2.75. The predicted molar refractivity (Wildman–Crippen MR) is 67.4 cm³/mol. The zero-order valence-corrected chi connectivity index (χ0v) is 9.58. The highest BCUT2D eigenvalue weighted by atomic mass is 15.2. The molecule has 0 aliphatic carbocycles. The molecule has 1 aromatic carbocycles. The first-order chi connectivity index (χ1) is 7.90. The van der Waals surface area contributed by atoms with E-state index in [0.717, 1.165) is 44.7 Å². The van der Waals surface area contributed by atoms with Gasteiger partial charge in [0.1, 0.15) is 0 Å². The van der Waals surface area contributed by atoms with Gasteiger partial charge in [0.15, 0.2) is 0 Å². The molecule has 1 heterocycles. The number of hydrogen-bond acceptors (Lipinski definition) is 2. The van der Waals surface area contributed by atoms with Gasteiger partial charge >= 0.3 is 0 Å². The van der Waals surface area contributed by atoms with Gasteiger partial charge in [-0.05, 0) is 18.1 Å². The molecule has 1 N–H and O–H groups in total. The van der Waals surface area contributed by atoms with Crippen LogP contribution in [0.5, 0.6) is 0 Å². The van der Waals surface area contributed by atoms with Crippen LogP contribution in [0.2, 0.25) is 0 Å². The number of nitrogens with one attached hydrogen (secondary N) is 1. The zero-order chi connectivity index (χ0) is 11.2. The third-order valence-electron chi connectivity index (χ3n) is 3.08. The third-order valence-corrected chi connectivity index (χ3v) is 3.08. The number of nitrogens with zero attached hydrogens (tertiary/aromatic N) is 1. The van der Waals surface area contributed by atoms with E-state index in [1.165, 1.54) is 5.56 Å². The molecule has 16 heavy (non-hydrogen) atoms. The quantitative estimate of drug-likeness (QED) is 0.758. The lowest BCUT2D eigenvalue weighted by Crippen LogP contribution is -2.44. The Morgan fingerprint density at radius 1 is 1.25 bits per heavy atom. The van der Waals surface area contributed by atoms with Gasteiger partial charge in [0, 0.05) is 38.3 Å². The Labute approximate surface area is 97.7 Å². The summed E-state index contributed by atoms with van der Waals surface area (Å²) in [4.78, 5) is 2.49. The average molecular weight is 214 g/mol. The van der Waals surface area contributed by atoms with Gasteiger partial charge in [0.25, 0.3) is 0 Å². The smallest absolute Gasteiger partial charge is 0.0275 e. The second-order valence-corrected chi connectivity index (χ2v) is 4.14. The molecular weight excluding hydrogens is 196 g/mol. The summed E-state index contributed by atoms with van der Waals surface area (Å²) in [5.41, 5.74) is 2.33. The molecule has 1 aliphatic heterocycles. The van der Waals surface area contributed by atoms with Crippen molar-refractivity contribution in [3.8, 4) is 12.3 Å². The summed E-state index contributed by atoms with van der Waals surface area (Å²) in [5, 5.41) is 3.36. The fourth-order valence-electron chi connectivity index (χ4n) is 2.09. The molecule has 0 atom stereocenters. The standard InChI is InChI=1S/C14H18N2/c1-2-13-5-3-4-6-14(13)7-10-16-11-8-15-9-12-16/h1,3-6,15H,7-12H2. The third kappa shape index (κ3) is 2.85. The van der Waals surface area contributed by atoms with Gasteiger partial charge in [-0.2, -0.15) is 0 Å². The average Bonchev–Trinajstić information content (AvgIpc) is 2.38. The minimum absolute atomic E-state index is 1.04. The minimum Gasteiger partial charge on any atom is -0.314 e. The minimum atomic E-state index is 1.04. The van der Waals surface area contributed by atoms with E-state index in [9.17, 15) is 0 Å². The summed E-state index contributed by atoms with van der Waals surface area (Å²) < 4.78 is 0. The SMILES string of the molecule is C#Cc1ccccc1CCN1CCNCC1. The van der Waals surface area contributed by atoms with Gasteiger partial charge in [-0.1, -0.05) is 24.1 Å². The van der Waals surface area contributed by atoms with E-state index >= 15 is 0 Å². The predicted octanol–water partition coefficient (Wildman–Crippen LogP) is 1.12. The molecule has 0 radical (unpaired) electrons. The monoisotopic (exact) mass is 214 g/mol. The fraction of sp³-hybridized carbons (Fsp3) is 0.429. The van der Waals surface area contributed by atoms with Crippen LogP contribution >= 0.6 is 0 Å². The molecule has 0 spiro atoms. The van der Waals surface area contributed by atoms with E-state index in [-0.39, 0.29) is 0 Å². The van der Waals surface area contributed by atoms with E-state index in [0.29, 0.717) is 0 Å². The summed E-state index contributed by atoms with van der Waals surface area (Å²) >= 11 is 0. The maximum Gasteiger partial charge on any atom is 0.0275 e. The van der Waals surface area contributed by atoms with Crippen LogP contribution in [0.25, 0.3) is 0 Å². The van der Waals surface area contributed by atoms with Gasteiger partial charge in [0.05, 0.1) is 0 Å². The second-order valence-electron chi connectivity index (χ2n) is 4.14. The van der Waals surface area contributed by atoms with E-state index in [1.54, 1.807) is 0 Å². The lowest BCUT2D eigenvalue weighted by Gasteiger charge is -2.27. The summed E-state index contributed by atoms with van der Waals surface area (Å²) in [6, 6.07) is 8.22. The molecule has 0 saturated carbocycles. The van der Waals surface area contributed by atoms with Crippen LogP contribution in [-0.4, -0.2) is 37.6 Å². The number of hydrogen-bond donors (Lipinski definition) is 1. The van der Waals surface area contributed by atoms with Crippen molar-refractivity contribution < 1.29 is 0 Å². The molecule has 1 aliphatic rings. The van der Waals surface area contributed by atoms with Crippen molar-refractivity contribution in [2.24, 2.45) is 0 Å². The van der Waals surface area contributed by atoms with Crippen LogP contribution in [0.1, 0.15) is 11.1 Å². The van der Waals surface area contributed by atoms with Crippen LogP contribution in [0.3, 0.4) is 0 Å². The summed E-state index contributed by atoms with van der Waals surface area (Å²) in [7, 11) is 0. The molecule has 0 amide bonds. The normalized spacial score (nSPS) is 16.9. The van der Waals surface area contributed by atoms with Crippen molar-refractivity contribution in [2.45, 2.75) is 6.42 Å². The lowest BCUT2D eigenvalue weighted by molar-refractivity contribution is 0.244. The Morgan fingerprint density at radius 3 is 2.75 bits per heavy atom. The molecular formula is C14H18N2. The highest BCUT2D eigenvalue weighted by Crippen LogP contribution is 2.09. The Hall–Kier alpha value is -1.30. The van der Waals surface area contributed by atoms with Crippen LogP contribution in [0, 0.1) is 12.3 Å². The lowest BCUT2D eigenvalue weighted by atomic mass is 10.0. The first kappa shape index (κ1) is 11.2. The Kier molecular flexibility index (Phi) is 3.98. The molecule has 84 valence electrons. The first-order valence-corrected chi connectivity index (χ1v) is 5.88. The number of rotatable bonds is 3. The Balaban J connectivity index is 1.91. The van der Waals surface area contributed by atoms with Gasteiger partial charge in [-0.25, -0.2) is 0 Å². The largest absolute Gasteiger partial charge is 0.314 e. The van der Waals surface area contributed by atoms with Gasteiger partial charge in [-0.3, -0.25) is 0 Å². The number of piperazine rings is 1. The molecule has 1 aromatic rings. The van der Waals surface area contributed by atoms with E-state index in [1.807, 2.05) is 12.1 Å². The molecule has 2 nitrogen and oxygen atoms in total. The van der Waals surface area contributed by atoms with Crippen LogP contribution in [0.15, 0.2) is 24.3 Å². The van der Waals surface area contributed by atoms with Crippen molar-refractivity contribution in [1.82, 2.24) is 10.2 Å². The van der Waals surface area contributed by atoms with E-state index in [4.69, 9.17) is 6.42 Å². The summed E-state index contributed by atoms with van der Waals surface area (Å²) in [6.45, 7) is 5.63. The van der Waals surface area contributed by atoms with Gasteiger partial charge < -0.3 is 10.2 Å². The fourth-order valence-corrected chi connectivity index (χ4v) is 2.09. The molecule has 0 unspecified atom stereocenters. The van der Waals surface area contributed by atoms with Crippen molar-refractivity contribution >= 4 is 0 Å². The maximum absolute atomic E-state index is 5.49. The topological polar surface area (TPSA) is 15.3 Å². The molecule has 0 bridgehead atoms. The van der Waals surface area contributed by atoms with Crippen LogP contribution < -0.4 is 5.32 Å². The Morgan fingerprint density at radius 2 is 2.00 bits per heavy atom. The van der Waals surface area contributed by atoms with Crippen LogP contribution in [0.4, 0.5) is 0 Å². The molecule has 1 fully saturated rings. The first-order valence-electron chi connectivity index (χ1n) is 5.88. The van der Waals surface area contributed by atoms with Crippen molar-refractivity contribution in [1.29, 1.82) is 0 Å². The maximum atomic E-state index is 5.49. The number of benzene rings is 1. The van der Waals surface area contributed by atoms with Gasteiger partial charge in [0.2, 0.25) is 0 Å². The molecule has 2 heteroatoms. The Bertz CT molecular complexity index is 373. The van der Waals surface area contributed by atoms with E-state index in [2.05, 4.69) is 28.3 Å². The number of terminal acetylenes is 1. The van der Waals surface area contributed by atoms with Crippen molar-refractivity contribution in [3.63, 3.8) is 0 Å². The second kappa shape index (κ2) is 5.69. The summed E-state index contributed by atoms with van der Waals surface area (Å²) in [6.07, 6.45) is 6.54. The highest BCUT2D eigenvalue weighted by Gasteiger charge is 2.09.